The summed E-state index contributed by atoms with van der Waals surface area (Å²) in [5, 5.41) is 0. The van der Waals surface area contributed by atoms with Crippen molar-refractivity contribution in [1.82, 2.24) is 9.55 Å². The summed E-state index contributed by atoms with van der Waals surface area (Å²) < 4.78 is 2.18. The van der Waals surface area contributed by atoms with E-state index in [1.807, 2.05) is 6.33 Å². The molecule has 1 heterocycles. The van der Waals surface area contributed by atoms with Gasteiger partial charge in [0.2, 0.25) is 0 Å². The van der Waals surface area contributed by atoms with Gasteiger partial charge in [-0.25, -0.2) is 4.98 Å². The molecule has 0 atom stereocenters. The van der Waals surface area contributed by atoms with E-state index in [0.29, 0.717) is 6.04 Å². The van der Waals surface area contributed by atoms with Crippen molar-refractivity contribution in [2.75, 3.05) is 0 Å². The molecule has 0 unspecified atom stereocenters. The van der Waals surface area contributed by atoms with Gasteiger partial charge >= 0.3 is 0 Å². The SMILES string of the molecule is CCCCCCc1cn(C(C)C)cn1. The second-order valence-electron chi connectivity index (χ2n) is 4.22. The lowest BCUT2D eigenvalue weighted by molar-refractivity contribution is 0.598. The number of imidazole rings is 1. The first kappa shape index (κ1) is 11.3. The normalized spacial score (nSPS) is 11.1. The highest BCUT2D eigenvalue weighted by Crippen LogP contribution is 2.09. The van der Waals surface area contributed by atoms with Crippen LogP contribution in [0.15, 0.2) is 12.5 Å². The maximum atomic E-state index is 4.40. The van der Waals surface area contributed by atoms with E-state index in [1.54, 1.807) is 0 Å². The third kappa shape index (κ3) is 3.52. The summed E-state index contributed by atoms with van der Waals surface area (Å²) in [6.07, 6.45) is 10.5. The van der Waals surface area contributed by atoms with Crippen LogP contribution in [0.25, 0.3) is 0 Å². The second-order valence-corrected chi connectivity index (χ2v) is 4.22. The molecule has 80 valence electrons. The number of rotatable bonds is 6. The number of hydrogen-bond acceptors (Lipinski definition) is 1. The van der Waals surface area contributed by atoms with Gasteiger partial charge in [-0.15, -0.1) is 0 Å². The van der Waals surface area contributed by atoms with Gasteiger partial charge in [0.1, 0.15) is 0 Å². The number of aromatic nitrogens is 2. The van der Waals surface area contributed by atoms with Gasteiger partial charge in [0.05, 0.1) is 12.0 Å². The average molecular weight is 194 g/mol. The van der Waals surface area contributed by atoms with E-state index in [2.05, 4.69) is 36.5 Å². The quantitative estimate of drug-likeness (QED) is 0.633. The molecule has 0 aliphatic carbocycles. The van der Waals surface area contributed by atoms with Gasteiger partial charge < -0.3 is 4.57 Å². The Hall–Kier alpha value is -0.790. The number of nitrogens with zero attached hydrogens (tertiary/aromatic N) is 2. The molecule has 1 aromatic rings. The van der Waals surface area contributed by atoms with Gasteiger partial charge in [0.25, 0.3) is 0 Å². The zero-order valence-corrected chi connectivity index (χ0v) is 9.66. The Morgan fingerprint density at radius 2 is 2.07 bits per heavy atom. The van der Waals surface area contributed by atoms with E-state index in [9.17, 15) is 0 Å². The molecule has 0 spiro atoms. The molecule has 0 saturated carbocycles. The van der Waals surface area contributed by atoms with Crippen LogP contribution >= 0.6 is 0 Å². The van der Waals surface area contributed by atoms with Gasteiger partial charge in [-0.3, -0.25) is 0 Å². The standard InChI is InChI=1S/C12H22N2/c1-4-5-6-7-8-12-9-14(10-13-12)11(2)3/h9-11H,4-8H2,1-3H3. The van der Waals surface area contributed by atoms with Crippen LogP contribution in [0.4, 0.5) is 0 Å². The van der Waals surface area contributed by atoms with Gasteiger partial charge in [-0.05, 0) is 26.7 Å². The van der Waals surface area contributed by atoms with Crippen LogP contribution in [-0.2, 0) is 6.42 Å². The summed E-state index contributed by atoms with van der Waals surface area (Å²) in [6, 6.07) is 0.534. The van der Waals surface area contributed by atoms with E-state index in [-0.39, 0.29) is 0 Å². The summed E-state index contributed by atoms with van der Waals surface area (Å²) >= 11 is 0. The molecular formula is C12H22N2. The van der Waals surface area contributed by atoms with Crippen LogP contribution in [-0.4, -0.2) is 9.55 Å². The summed E-state index contributed by atoms with van der Waals surface area (Å²) in [4.78, 5) is 4.40. The molecule has 0 bridgehead atoms. The average Bonchev–Trinajstić information content (AvgIpc) is 2.61. The fourth-order valence-electron chi connectivity index (χ4n) is 1.52. The first-order chi connectivity index (χ1) is 6.74. The van der Waals surface area contributed by atoms with Gasteiger partial charge in [0.15, 0.2) is 0 Å². The molecule has 0 aromatic carbocycles. The number of aryl methyl sites for hydroxylation is 1. The monoisotopic (exact) mass is 194 g/mol. The minimum absolute atomic E-state index is 0.534. The highest BCUT2D eigenvalue weighted by molar-refractivity contribution is 4.97. The maximum Gasteiger partial charge on any atom is 0.0951 e. The molecule has 2 nitrogen and oxygen atoms in total. The Labute approximate surface area is 87.4 Å². The van der Waals surface area contributed by atoms with Crippen LogP contribution in [0.5, 0.6) is 0 Å². The molecule has 1 aromatic heterocycles. The Bertz CT molecular complexity index is 251. The van der Waals surface area contributed by atoms with E-state index in [1.165, 1.54) is 31.4 Å². The van der Waals surface area contributed by atoms with E-state index in [0.717, 1.165) is 6.42 Å². The molecule has 0 saturated heterocycles. The third-order valence-corrected chi connectivity index (χ3v) is 2.54. The Kier molecular flexibility index (Phi) is 4.71. The molecule has 0 N–H and O–H groups in total. The minimum atomic E-state index is 0.534. The molecule has 1 rings (SSSR count). The lowest BCUT2D eigenvalue weighted by atomic mass is 10.1. The Morgan fingerprint density at radius 3 is 2.64 bits per heavy atom. The van der Waals surface area contributed by atoms with Crippen LogP contribution < -0.4 is 0 Å². The Balaban J connectivity index is 2.29. The van der Waals surface area contributed by atoms with Gasteiger partial charge in [-0.2, -0.15) is 0 Å². The van der Waals surface area contributed by atoms with Crippen LogP contribution in [0.2, 0.25) is 0 Å². The minimum Gasteiger partial charge on any atom is -0.335 e. The van der Waals surface area contributed by atoms with E-state index in [4.69, 9.17) is 0 Å². The van der Waals surface area contributed by atoms with Crippen molar-refractivity contribution in [2.45, 2.75) is 58.9 Å². The summed E-state index contributed by atoms with van der Waals surface area (Å²) in [6.45, 7) is 6.61. The van der Waals surface area contributed by atoms with Crippen LogP contribution in [0, 0.1) is 0 Å². The van der Waals surface area contributed by atoms with Crippen LogP contribution in [0.1, 0.15) is 58.2 Å². The first-order valence-corrected chi connectivity index (χ1v) is 5.76. The predicted octanol–water partition coefficient (Wildman–Crippen LogP) is 3.59. The smallest absolute Gasteiger partial charge is 0.0951 e. The van der Waals surface area contributed by atoms with Crippen molar-refractivity contribution < 1.29 is 0 Å². The van der Waals surface area contributed by atoms with E-state index >= 15 is 0 Å². The highest BCUT2D eigenvalue weighted by Gasteiger charge is 2.00. The van der Waals surface area contributed by atoms with Crippen molar-refractivity contribution in [3.63, 3.8) is 0 Å². The molecule has 14 heavy (non-hydrogen) atoms. The lowest BCUT2D eigenvalue weighted by Gasteiger charge is -2.03. The van der Waals surface area contributed by atoms with E-state index < -0.39 is 0 Å². The van der Waals surface area contributed by atoms with Crippen molar-refractivity contribution in [3.05, 3.63) is 18.2 Å². The van der Waals surface area contributed by atoms with Crippen molar-refractivity contribution in [1.29, 1.82) is 0 Å². The molecule has 2 heteroatoms. The predicted molar refractivity (Wildman–Crippen MR) is 60.5 cm³/mol. The maximum absolute atomic E-state index is 4.40. The molecule has 0 radical (unpaired) electrons. The fraction of sp³-hybridized carbons (Fsp3) is 0.750. The fourth-order valence-corrected chi connectivity index (χ4v) is 1.52. The lowest BCUT2D eigenvalue weighted by Crippen LogP contribution is -1.95. The van der Waals surface area contributed by atoms with Gasteiger partial charge in [0, 0.05) is 12.2 Å². The molecule has 0 fully saturated rings. The molecular weight excluding hydrogens is 172 g/mol. The second kappa shape index (κ2) is 5.84. The van der Waals surface area contributed by atoms with Crippen LogP contribution in [0.3, 0.4) is 0 Å². The summed E-state index contributed by atoms with van der Waals surface area (Å²) in [5.41, 5.74) is 1.25. The highest BCUT2D eigenvalue weighted by atomic mass is 15.0. The largest absolute Gasteiger partial charge is 0.335 e. The Morgan fingerprint density at radius 1 is 1.29 bits per heavy atom. The molecule has 0 amide bonds. The number of hydrogen-bond donors (Lipinski definition) is 0. The third-order valence-electron chi connectivity index (χ3n) is 2.54. The van der Waals surface area contributed by atoms with Gasteiger partial charge in [-0.1, -0.05) is 26.2 Å². The molecule has 0 aliphatic heterocycles. The summed E-state index contributed by atoms with van der Waals surface area (Å²) in [5.74, 6) is 0. The number of unbranched alkanes of at least 4 members (excludes halogenated alkanes) is 3. The van der Waals surface area contributed by atoms with Crippen molar-refractivity contribution >= 4 is 0 Å². The topological polar surface area (TPSA) is 17.8 Å². The zero-order valence-electron chi connectivity index (χ0n) is 9.66. The van der Waals surface area contributed by atoms with Crippen molar-refractivity contribution in [2.24, 2.45) is 0 Å². The van der Waals surface area contributed by atoms with Crippen molar-refractivity contribution in [3.8, 4) is 0 Å². The summed E-state index contributed by atoms with van der Waals surface area (Å²) in [7, 11) is 0. The first-order valence-electron chi connectivity index (χ1n) is 5.76. The molecule has 0 aliphatic rings. The zero-order chi connectivity index (χ0) is 10.4.